The molecule has 1 unspecified atom stereocenters. The molecule has 6 heteroatoms. The first-order chi connectivity index (χ1) is 9.56. The number of thiazole rings is 1. The highest BCUT2D eigenvalue weighted by Crippen LogP contribution is 2.07. The summed E-state index contributed by atoms with van der Waals surface area (Å²) in [6.07, 6.45) is 1.68. The van der Waals surface area contributed by atoms with Gasteiger partial charge in [-0.2, -0.15) is 0 Å². The molecule has 0 spiro atoms. The number of hydrogen-bond acceptors (Lipinski definition) is 4. The third kappa shape index (κ3) is 2.12. The van der Waals surface area contributed by atoms with Crippen LogP contribution in [0, 0.1) is 5.82 Å². The molecule has 1 atom stereocenters. The summed E-state index contributed by atoms with van der Waals surface area (Å²) >= 11 is 1.11. The second-order valence-corrected chi connectivity index (χ2v) is 5.64. The molecule has 0 aliphatic carbocycles. The minimum atomic E-state index is -0.422. The van der Waals surface area contributed by atoms with E-state index >= 15 is 0 Å². The van der Waals surface area contributed by atoms with E-state index in [2.05, 4.69) is 4.99 Å². The molecule has 20 heavy (non-hydrogen) atoms. The highest BCUT2D eigenvalue weighted by molar-refractivity contribution is 7.07. The summed E-state index contributed by atoms with van der Waals surface area (Å²) in [7, 11) is 0. The summed E-state index contributed by atoms with van der Waals surface area (Å²) in [6, 6.07) is 6.06. The Balaban J connectivity index is 2.27. The second kappa shape index (κ2) is 4.79. The molecule has 2 heterocycles. The molecule has 0 saturated carbocycles. The molecule has 102 valence electrons. The van der Waals surface area contributed by atoms with Gasteiger partial charge in [-0.25, -0.2) is 8.96 Å². The molecule has 1 aromatic heterocycles. The fourth-order valence-corrected chi connectivity index (χ4v) is 3.16. The first-order valence-electron chi connectivity index (χ1n) is 6.15. The van der Waals surface area contributed by atoms with Gasteiger partial charge in [0.2, 0.25) is 5.91 Å². The Labute approximate surface area is 117 Å². The van der Waals surface area contributed by atoms with Crippen LogP contribution in [0.25, 0.3) is 6.08 Å². The molecule has 3 rings (SSSR count). The lowest BCUT2D eigenvalue weighted by Crippen LogP contribution is -2.40. The topological polar surface area (TPSA) is 51.4 Å². The van der Waals surface area contributed by atoms with E-state index in [1.807, 2.05) is 6.92 Å². The molecule has 1 aliphatic rings. The molecule has 0 saturated heterocycles. The van der Waals surface area contributed by atoms with Gasteiger partial charge in [0, 0.05) is 12.0 Å². The zero-order valence-corrected chi connectivity index (χ0v) is 11.5. The minimum absolute atomic E-state index is 0.123. The first kappa shape index (κ1) is 12.9. The Morgan fingerprint density at radius 3 is 2.90 bits per heavy atom. The van der Waals surface area contributed by atoms with Crippen molar-refractivity contribution in [3.05, 3.63) is 55.3 Å². The highest BCUT2D eigenvalue weighted by atomic mass is 32.1. The van der Waals surface area contributed by atoms with Crippen LogP contribution in [0.2, 0.25) is 0 Å². The van der Waals surface area contributed by atoms with Gasteiger partial charge in [-0.15, -0.1) is 0 Å². The van der Waals surface area contributed by atoms with Crippen molar-refractivity contribution in [1.82, 2.24) is 4.57 Å². The quantitative estimate of drug-likeness (QED) is 0.784. The van der Waals surface area contributed by atoms with E-state index in [1.54, 1.807) is 18.2 Å². The van der Waals surface area contributed by atoms with Gasteiger partial charge in [0.15, 0.2) is 4.80 Å². The third-order valence-corrected chi connectivity index (χ3v) is 4.03. The van der Waals surface area contributed by atoms with Gasteiger partial charge in [-0.05, 0) is 19.1 Å². The van der Waals surface area contributed by atoms with Gasteiger partial charge in [-0.1, -0.05) is 29.5 Å². The summed E-state index contributed by atoms with van der Waals surface area (Å²) in [5.74, 6) is -0.656. The van der Waals surface area contributed by atoms with E-state index in [4.69, 9.17) is 0 Å². The van der Waals surface area contributed by atoms with Crippen LogP contribution in [0.1, 0.15) is 23.7 Å². The van der Waals surface area contributed by atoms with Gasteiger partial charge in [0.25, 0.3) is 5.56 Å². The second-order valence-electron chi connectivity index (χ2n) is 4.63. The van der Waals surface area contributed by atoms with Crippen molar-refractivity contribution in [3.63, 3.8) is 0 Å². The number of nitrogens with zero attached hydrogens (tertiary/aromatic N) is 2. The van der Waals surface area contributed by atoms with Crippen LogP contribution in [0.15, 0.2) is 34.1 Å². The Bertz CT molecular complexity index is 866. The zero-order chi connectivity index (χ0) is 14.3. The normalized spacial score (nSPS) is 18.8. The van der Waals surface area contributed by atoms with E-state index < -0.39 is 11.4 Å². The summed E-state index contributed by atoms with van der Waals surface area (Å²) in [6.45, 7) is 1.83. The lowest BCUT2D eigenvalue weighted by atomic mass is 10.2. The van der Waals surface area contributed by atoms with Gasteiger partial charge < -0.3 is 0 Å². The maximum absolute atomic E-state index is 13.6. The fraction of sp³-hybridized carbons (Fsp3) is 0.214. The maximum atomic E-state index is 13.6. The molecule has 1 aromatic carbocycles. The van der Waals surface area contributed by atoms with Crippen molar-refractivity contribution in [2.75, 3.05) is 0 Å². The Hall–Kier alpha value is -2.08. The zero-order valence-electron chi connectivity index (χ0n) is 10.7. The number of benzene rings is 1. The number of fused-ring (bicyclic) bond motifs is 1. The molecule has 0 radical (unpaired) electrons. The predicted octanol–water partition coefficient (Wildman–Crippen LogP) is 0.930. The summed E-state index contributed by atoms with van der Waals surface area (Å²) in [4.78, 5) is 28.7. The Kier molecular flexibility index (Phi) is 3.10. The summed E-state index contributed by atoms with van der Waals surface area (Å²) in [5.41, 5.74) is -0.0989. The number of carbonyl (C=O) groups excluding carboxylic acids is 1. The average Bonchev–Trinajstić information content (AvgIpc) is 2.69. The molecule has 0 bridgehead atoms. The highest BCUT2D eigenvalue weighted by Gasteiger charge is 2.20. The fourth-order valence-electron chi connectivity index (χ4n) is 2.09. The monoisotopic (exact) mass is 290 g/mol. The minimum Gasteiger partial charge on any atom is -0.274 e. The molecule has 0 fully saturated rings. The van der Waals surface area contributed by atoms with Crippen molar-refractivity contribution in [2.45, 2.75) is 19.4 Å². The lowest BCUT2D eigenvalue weighted by Gasteiger charge is -2.09. The van der Waals surface area contributed by atoms with Crippen LogP contribution in [0.4, 0.5) is 4.39 Å². The van der Waals surface area contributed by atoms with Gasteiger partial charge >= 0.3 is 0 Å². The van der Waals surface area contributed by atoms with Crippen molar-refractivity contribution in [1.29, 1.82) is 0 Å². The Morgan fingerprint density at radius 1 is 1.40 bits per heavy atom. The third-order valence-electron chi connectivity index (χ3n) is 3.05. The number of aromatic nitrogens is 1. The van der Waals surface area contributed by atoms with E-state index in [9.17, 15) is 14.0 Å². The molecule has 4 nitrogen and oxygen atoms in total. The van der Waals surface area contributed by atoms with Crippen LogP contribution in [0.3, 0.4) is 0 Å². The van der Waals surface area contributed by atoms with Crippen molar-refractivity contribution in [3.8, 4) is 0 Å². The van der Waals surface area contributed by atoms with Gasteiger partial charge in [-0.3, -0.25) is 14.6 Å². The van der Waals surface area contributed by atoms with E-state index in [0.29, 0.717) is 14.9 Å². The molecule has 1 aliphatic heterocycles. The number of halogens is 1. The van der Waals surface area contributed by atoms with Crippen molar-refractivity contribution < 1.29 is 9.18 Å². The maximum Gasteiger partial charge on any atom is 0.277 e. The van der Waals surface area contributed by atoms with Crippen molar-refractivity contribution >= 4 is 23.3 Å². The molecule has 2 aromatic rings. The van der Waals surface area contributed by atoms with Crippen LogP contribution in [-0.4, -0.2) is 16.5 Å². The van der Waals surface area contributed by atoms with Gasteiger partial charge in [0.1, 0.15) is 5.82 Å². The van der Waals surface area contributed by atoms with E-state index in [-0.39, 0.29) is 18.4 Å². The lowest BCUT2D eigenvalue weighted by molar-refractivity contribution is 0.0877. The first-order valence-corrected chi connectivity index (χ1v) is 6.97. The largest absolute Gasteiger partial charge is 0.277 e. The number of rotatable bonds is 1. The van der Waals surface area contributed by atoms with E-state index in [0.717, 1.165) is 15.9 Å². The number of hydrogen-bond donors (Lipinski definition) is 0. The SMILES string of the molecule is CC1CC(=O)n2c(s/c(=C/c3ccccc3F)c2=O)=N1. The Morgan fingerprint density at radius 2 is 2.15 bits per heavy atom. The van der Waals surface area contributed by atoms with Crippen LogP contribution >= 0.6 is 11.3 Å². The standard InChI is InChI=1S/C14H11FN2O2S/c1-8-6-12(18)17-13(19)11(20-14(17)16-8)7-9-4-2-3-5-10(9)15/h2-5,7-8H,6H2,1H3/b11-7+. The molecular formula is C14H11FN2O2S. The van der Waals surface area contributed by atoms with Gasteiger partial charge in [0.05, 0.1) is 10.6 Å². The summed E-state index contributed by atoms with van der Waals surface area (Å²) < 4.78 is 15.0. The smallest absolute Gasteiger partial charge is 0.274 e. The van der Waals surface area contributed by atoms with Crippen molar-refractivity contribution in [2.24, 2.45) is 4.99 Å². The predicted molar refractivity (Wildman–Crippen MR) is 74.0 cm³/mol. The average molecular weight is 290 g/mol. The van der Waals surface area contributed by atoms with Crippen LogP contribution < -0.4 is 14.9 Å². The molecule has 0 amide bonds. The summed E-state index contributed by atoms with van der Waals surface area (Å²) in [5, 5.41) is 0. The van der Waals surface area contributed by atoms with E-state index in [1.165, 1.54) is 12.1 Å². The molecule has 0 N–H and O–H groups in total. The molecular weight excluding hydrogens is 279 g/mol. The van der Waals surface area contributed by atoms with Crippen LogP contribution in [0.5, 0.6) is 0 Å². The number of carbonyl (C=O) groups is 1. The van der Waals surface area contributed by atoms with Crippen LogP contribution in [-0.2, 0) is 0 Å².